The molecule has 0 N–H and O–H groups in total. The van der Waals surface area contributed by atoms with E-state index in [4.69, 9.17) is 14.1 Å². The molecular weight excluding hydrogens is 366 g/mol. The minimum atomic E-state index is -0.838. The zero-order valence-electron chi connectivity index (χ0n) is 14.6. The minimum absolute atomic E-state index is 0.107. The number of carbonyl (C=O) groups excluding carboxylic acids is 3. The molecule has 1 aliphatic heterocycles. The Morgan fingerprint density at radius 2 is 1.68 bits per heavy atom. The van der Waals surface area contributed by atoms with Crippen molar-refractivity contribution in [3.05, 3.63) is 76.9 Å². The molecule has 9 heteroatoms. The molecule has 4 rings (SSSR count). The van der Waals surface area contributed by atoms with Gasteiger partial charge in [-0.1, -0.05) is 22.4 Å². The fourth-order valence-electron chi connectivity index (χ4n) is 2.62. The van der Waals surface area contributed by atoms with Crippen LogP contribution in [0.4, 0.5) is 0 Å². The first-order chi connectivity index (χ1) is 13.5. The molecule has 0 unspecified atom stereocenters. The molecule has 0 spiro atoms. The van der Waals surface area contributed by atoms with Crippen LogP contribution in [0.5, 0.6) is 5.75 Å². The van der Waals surface area contributed by atoms with Crippen LogP contribution in [0, 0.1) is 6.92 Å². The van der Waals surface area contributed by atoms with E-state index in [-0.39, 0.29) is 23.3 Å². The Morgan fingerprint density at radius 1 is 1.04 bits per heavy atom. The third kappa shape index (κ3) is 3.20. The van der Waals surface area contributed by atoms with E-state index >= 15 is 0 Å². The van der Waals surface area contributed by atoms with Crippen molar-refractivity contribution in [2.24, 2.45) is 0 Å². The number of fused-ring (bicyclic) bond motifs is 1. The molecule has 9 nitrogen and oxygen atoms in total. The molecular formula is C19H13N3O6. The van der Waals surface area contributed by atoms with Gasteiger partial charge in [-0.25, -0.2) is 4.79 Å². The number of aryl methyl sites for hydroxylation is 1. The molecule has 0 radical (unpaired) electrons. The summed E-state index contributed by atoms with van der Waals surface area (Å²) in [4.78, 5) is 45.8. The summed E-state index contributed by atoms with van der Waals surface area (Å²) in [5.74, 6) is -0.889. The number of carbonyl (C=O) groups is 3. The molecule has 1 aliphatic rings. The second-order valence-electron chi connectivity index (χ2n) is 5.87. The minimum Gasteiger partial charge on any atom is -0.485 e. The fourth-order valence-corrected chi connectivity index (χ4v) is 2.62. The zero-order valence-corrected chi connectivity index (χ0v) is 14.6. The Labute approximate surface area is 158 Å². The molecule has 0 saturated heterocycles. The van der Waals surface area contributed by atoms with Gasteiger partial charge < -0.3 is 14.1 Å². The molecule has 2 heterocycles. The standard InChI is InChI=1S/C19H13N3O6/c1-11-20-16(21-27-11)10-26-13-8-6-12(7-9-13)19(25)28-22-17(23)14-4-2-3-5-15(14)18(22)24/h2-9H,10H2,1H3. The number of ether oxygens (including phenoxy) is 1. The summed E-state index contributed by atoms with van der Waals surface area (Å²) < 4.78 is 10.3. The van der Waals surface area contributed by atoms with Crippen molar-refractivity contribution in [3.8, 4) is 5.75 Å². The van der Waals surface area contributed by atoms with Gasteiger partial charge in [-0.2, -0.15) is 4.98 Å². The first kappa shape index (κ1) is 17.4. The Morgan fingerprint density at radius 3 is 2.25 bits per heavy atom. The maximum absolute atomic E-state index is 12.3. The summed E-state index contributed by atoms with van der Waals surface area (Å²) in [6.07, 6.45) is 0. The van der Waals surface area contributed by atoms with Crippen molar-refractivity contribution in [1.29, 1.82) is 0 Å². The monoisotopic (exact) mass is 379 g/mol. The van der Waals surface area contributed by atoms with Crippen molar-refractivity contribution in [3.63, 3.8) is 0 Å². The maximum Gasteiger partial charge on any atom is 0.363 e. The van der Waals surface area contributed by atoms with E-state index in [1.807, 2.05) is 0 Å². The molecule has 140 valence electrons. The van der Waals surface area contributed by atoms with Gasteiger partial charge in [0, 0.05) is 6.92 Å². The lowest BCUT2D eigenvalue weighted by atomic mass is 10.1. The SMILES string of the molecule is Cc1nc(COc2ccc(C(=O)ON3C(=O)c4ccccc4C3=O)cc2)no1. The van der Waals surface area contributed by atoms with Gasteiger partial charge in [0.25, 0.3) is 11.8 Å². The van der Waals surface area contributed by atoms with Crippen LogP contribution in [0.25, 0.3) is 0 Å². The van der Waals surface area contributed by atoms with Gasteiger partial charge in [-0.15, -0.1) is 0 Å². The van der Waals surface area contributed by atoms with Gasteiger partial charge in [0.1, 0.15) is 5.75 Å². The number of rotatable bonds is 5. The van der Waals surface area contributed by atoms with E-state index < -0.39 is 17.8 Å². The number of benzene rings is 2. The summed E-state index contributed by atoms with van der Waals surface area (Å²) in [6.45, 7) is 1.78. The number of hydroxylamine groups is 2. The van der Waals surface area contributed by atoms with Crippen LogP contribution in [0.1, 0.15) is 42.8 Å². The lowest BCUT2D eigenvalue weighted by molar-refractivity contribution is -0.0584. The molecule has 2 amide bonds. The van der Waals surface area contributed by atoms with Crippen LogP contribution in [0.15, 0.2) is 53.1 Å². The first-order valence-corrected chi connectivity index (χ1v) is 8.25. The van der Waals surface area contributed by atoms with Crippen molar-refractivity contribution in [1.82, 2.24) is 15.2 Å². The van der Waals surface area contributed by atoms with E-state index in [2.05, 4.69) is 10.1 Å². The van der Waals surface area contributed by atoms with E-state index in [1.165, 1.54) is 24.3 Å². The van der Waals surface area contributed by atoms with Crippen LogP contribution < -0.4 is 4.74 Å². The number of hydrogen-bond donors (Lipinski definition) is 0. The predicted molar refractivity (Wildman–Crippen MR) is 92.2 cm³/mol. The first-order valence-electron chi connectivity index (χ1n) is 8.25. The van der Waals surface area contributed by atoms with Gasteiger partial charge in [0.05, 0.1) is 16.7 Å². The highest BCUT2D eigenvalue weighted by Crippen LogP contribution is 2.23. The normalized spacial score (nSPS) is 12.8. The van der Waals surface area contributed by atoms with Gasteiger partial charge in [-0.3, -0.25) is 9.59 Å². The van der Waals surface area contributed by atoms with E-state index in [0.29, 0.717) is 22.5 Å². The van der Waals surface area contributed by atoms with Crippen molar-refractivity contribution in [2.75, 3.05) is 0 Å². The third-order valence-corrected chi connectivity index (χ3v) is 3.96. The summed E-state index contributed by atoms with van der Waals surface area (Å²) >= 11 is 0. The second-order valence-corrected chi connectivity index (χ2v) is 5.87. The van der Waals surface area contributed by atoms with Crippen molar-refractivity contribution >= 4 is 17.8 Å². The van der Waals surface area contributed by atoms with Crippen LogP contribution in [-0.2, 0) is 11.4 Å². The van der Waals surface area contributed by atoms with E-state index in [1.54, 1.807) is 31.2 Å². The average Bonchev–Trinajstić information content (AvgIpc) is 3.24. The Bertz CT molecular complexity index is 1040. The number of nitrogens with zero attached hydrogens (tertiary/aromatic N) is 3. The van der Waals surface area contributed by atoms with Gasteiger partial charge in [0.2, 0.25) is 11.7 Å². The van der Waals surface area contributed by atoms with Crippen LogP contribution in [-0.4, -0.2) is 33.0 Å². The summed E-state index contributed by atoms with van der Waals surface area (Å²) in [5, 5.41) is 4.18. The molecule has 0 atom stereocenters. The molecule has 28 heavy (non-hydrogen) atoms. The number of amides is 2. The van der Waals surface area contributed by atoms with Crippen LogP contribution >= 0.6 is 0 Å². The lowest BCUT2D eigenvalue weighted by Gasteiger charge is -2.12. The highest BCUT2D eigenvalue weighted by molar-refractivity contribution is 6.21. The van der Waals surface area contributed by atoms with E-state index in [0.717, 1.165) is 0 Å². The summed E-state index contributed by atoms with van der Waals surface area (Å²) in [6, 6.07) is 12.3. The van der Waals surface area contributed by atoms with Gasteiger partial charge in [0.15, 0.2) is 6.61 Å². The molecule has 0 bridgehead atoms. The smallest absolute Gasteiger partial charge is 0.363 e. The molecule has 0 saturated carbocycles. The van der Waals surface area contributed by atoms with E-state index in [9.17, 15) is 14.4 Å². The van der Waals surface area contributed by atoms with Gasteiger partial charge in [-0.05, 0) is 36.4 Å². The Kier molecular flexibility index (Phi) is 4.32. The molecule has 1 aromatic heterocycles. The quantitative estimate of drug-likeness (QED) is 0.621. The Balaban J connectivity index is 1.40. The van der Waals surface area contributed by atoms with Crippen molar-refractivity contribution in [2.45, 2.75) is 13.5 Å². The number of imide groups is 1. The van der Waals surface area contributed by atoms with Crippen molar-refractivity contribution < 1.29 is 28.5 Å². The number of aromatic nitrogens is 2. The summed E-state index contributed by atoms with van der Waals surface area (Å²) in [5.41, 5.74) is 0.542. The third-order valence-electron chi connectivity index (χ3n) is 3.96. The zero-order chi connectivity index (χ0) is 19.7. The largest absolute Gasteiger partial charge is 0.485 e. The molecule has 0 aliphatic carbocycles. The fraction of sp³-hybridized carbons (Fsp3) is 0.105. The predicted octanol–water partition coefficient (Wildman–Crippen LogP) is 2.33. The molecule has 0 fully saturated rings. The summed E-state index contributed by atoms with van der Waals surface area (Å²) in [7, 11) is 0. The van der Waals surface area contributed by atoms with Crippen LogP contribution in [0.3, 0.4) is 0 Å². The van der Waals surface area contributed by atoms with Gasteiger partial charge >= 0.3 is 5.97 Å². The highest BCUT2D eigenvalue weighted by Gasteiger charge is 2.38. The molecule has 3 aromatic rings. The van der Waals surface area contributed by atoms with Crippen LogP contribution in [0.2, 0.25) is 0 Å². The Hall–Kier alpha value is -4.01. The average molecular weight is 379 g/mol. The lowest BCUT2D eigenvalue weighted by Crippen LogP contribution is -2.32. The maximum atomic E-state index is 12.3. The number of hydrogen-bond acceptors (Lipinski definition) is 8. The molecule has 2 aromatic carbocycles. The second kappa shape index (κ2) is 6.95. The topological polar surface area (TPSA) is 112 Å². The highest BCUT2D eigenvalue weighted by atomic mass is 16.7.